The second kappa shape index (κ2) is 3.68. The summed E-state index contributed by atoms with van der Waals surface area (Å²) in [5.74, 6) is 5.36. The monoisotopic (exact) mass is 242 g/mol. The number of nitrogen functional groups attached to an aromatic ring is 1. The SMILES string of the molecule is CC(C)(C)c1cc(Br)cc(NN)c1. The van der Waals surface area contributed by atoms with E-state index in [1.807, 2.05) is 6.07 Å². The zero-order valence-electron chi connectivity index (χ0n) is 8.19. The Morgan fingerprint density at radius 2 is 1.85 bits per heavy atom. The van der Waals surface area contributed by atoms with Crippen molar-refractivity contribution < 1.29 is 0 Å². The molecule has 72 valence electrons. The van der Waals surface area contributed by atoms with Gasteiger partial charge in [-0.1, -0.05) is 36.7 Å². The maximum absolute atomic E-state index is 5.36. The zero-order chi connectivity index (χ0) is 10.1. The highest BCUT2D eigenvalue weighted by Gasteiger charge is 2.14. The van der Waals surface area contributed by atoms with Crippen LogP contribution < -0.4 is 11.3 Å². The number of hydrogen-bond donors (Lipinski definition) is 2. The lowest BCUT2D eigenvalue weighted by Gasteiger charge is -2.20. The van der Waals surface area contributed by atoms with Crippen molar-refractivity contribution in [1.82, 2.24) is 0 Å². The normalized spacial score (nSPS) is 11.5. The Kier molecular flexibility index (Phi) is 2.98. The van der Waals surface area contributed by atoms with E-state index in [9.17, 15) is 0 Å². The Hall–Kier alpha value is -0.540. The van der Waals surface area contributed by atoms with Crippen LogP contribution in [0.4, 0.5) is 5.69 Å². The van der Waals surface area contributed by atoms with Crippen molar-refractivity contribution >= 4 is 21.6 Å². The summed E-state index contributed by atoms with van der Waals surface area (Å²) < 4.78 is 1.05. The first kappa shape index (κ1) is 10.5. The average Bonchev–Trinajstić information content (AvgIpc) is 2.01. The van der Waals surface area contributed by atoms with Crippen molar-refractivity contribution in [2.45, 2.75) is 26.2 Å². The lowest BCUT2D eigenvalue weighted by molar-refractivity contribution is 0.590. The summed E-state index contributed by atoms with van der Waals surface area (Å²) in [7, 11) is 0. The molecule has 0 aliphatic carbocycles. The third kappa shape index (κ3) is 2.71. The molecule has 0 saturated heterocycles. The van der Waals surface area contributed by atoms with E-state index in [2.05, 4.69) is 54.3 Å². The van der Waals surface area contributed by atoms with Crippen molar-refractivity contribution in [3.05, 3.63) is 28.2 Å². The molecule has 0 radical (unpaired) electrons. The third-order valence-electron chi connectivity index (χ3n) is 1.93. The van der Waals surface area contributed by atoms with Crippen LogP contribution >= 0.6 is 15.9 Å². The molecule has 3 heteroatoms. The molecule has 0 atom stereocenters. The van der Waals surface area contributed by atoms with Crippen LogP contribution in [0.25, 0.3) is 0 Å². The third-order valence-corrected chi connectivity index (χ3v) is 2.39. The molecule has 0 heterocycles. The van der Waals surface area contributed by atoms with Gasteiger partial charge in [-0.15, -0.1) is 0 Å². The van der Waals surface area contributed by atoms with Crippen LogP contribution in [0.15, 0.2) is 22.7 Å². The molecule has 3 N–H and O–H groups in total. The van der Waals surface area contributed by atoms with E-state index >= 15 is 0 Å². The number of anilines is 1. The molecule has 0 unspecified atom stereocenters. The largest absolute Gasteiger partial charge is 0.324 e. The van der Waals surface area contributed by atoms with E-state index in [0.29, 0.717) is 0 Å². The highest BCUT2D eigenvalue weighted by Crippen LogP contribution is 2.28. The lowest BCUT2D eigenvalue weighted by Crippen LogP contribution is -2.13. The van der Waals surface area contributed by atoms with Crippen LogP contribution in [-0.2, 0) is 5.41 Å². The minimum Gasteiger partial charge on any atom is -0.324 e. The fourth-order valence-corrected chi connectivity index (χ4v) is 1.60. The molecule has 0 aliphatic rings. The predicted octanol–water partition coefficient (Wildman–Crippen LogP) is 3.03. The summed E-state index contributed by atoms with van der Waals surface area (Å²) in [6.45, 7) is 6.53. The number of rotatable bonds is 1. The Balaban J connectivity index is 3.16. The molecular formula is C10H15BrN2. The van der Waals surface area contributed by atoms with Crippen molar-refractivity contribution in [1.29, 1.82) is 0 Å². The van der Waals surface area contributed by atoms with Crippen LogP contribution in [0.1, 0.15) is 26.3 Å². The Labute approximate surface area is 87.6 Å². The van der Waals surface area contributed by atoms with Gasteiger partial charge in [0.25, 0.3) is 0 Å². The van der Waals surface area contributed by atoms with Gasteiger partial charge >= 0.3 is 0 Å². The summed E-state index contributed by atoms with van der Waals surface area (Å²) in [4.78, 5) is 0. The van der Waals surface area contributed by atoms with E-state index in [4.69, 9.17) is 5.84 Å². The van der Waals surface area contributed by atoms with Gasteiger partial charge in [-0.25, -0.2) is 0 Å². The van der Waals surface area contributed by atoms with Crippen LogP contribution in [0.3, 0.4) is 0 Å². The van der Waals surface area contributed by atoms with E-state index in [0.717, 1.165) is 10.2 Å². The van der Waals surface area contributed by atoms with Crippen LogP contribution in [0.5, 0.6) is 0 Å². The average molecular weight is 243 g/mol. The number of hydrazine groups is 1. The van der Waals surface area contributed by atoms with E-state index in [1.54, 1.807) is 0 Å². The standard InChI is InChI=1S/C10H15BrN2/c1-10(2,3)7-4-8(11)6-9(5-7)13-12/h4-6,13H,12H2,1-3H3. The Bertz CT molecular complexity index is 302. The second-order valence-corrected chi connectivity index (χ2v) is 5.04. The molecule has 0 aromatic heterocycles. The number of benzene rings is 1. The van der Waals surface area contributed by atoms with E-state index in [-0.39, 0.29) is 5.41 Å². The van der Waals surface area contributed by atoms with Crippen molar-refractivity contribution in [3.63, 3.8) is 0 Å². The molecule has 13 heavy (non-hydrogen) atoms. The minimum atomic E-state index is 0.148. The summed E-state index contributed by atoms with van der Waals surface area (Å²) in [5.41, 5.74) is 4.99. The smallest absolute Gasteiger partial charge is 0.0499 e. The zero-order valence-corrected chi connectivity index (χ0v) is 9.77. The quantitative estimate of drug-likeness (QED) is 0.587. The van der Waals surface area contributed by atoms with Gasteiger partial charge in [0.05, 0.1) is 0 Å². The van der Waals surface area contributed by atoms with E-state index < -0.39 is 0 Å². The highest BCUT2D eigenvalue weighted by molar-refractivity contribution is 9.10. The molecule has 0 spiro atoms. The molecule has 1 rings (SSSR count). The molecule has 1 aromatic rings. The molecule has 0 aliphatic heterocycles. The van der Waals surface area contributed by atoms with Crippen molar-refractivity contribution in [2.24, 2.45) is 5.84 Å². The molecular weight excluding hydrogens is 228 g/mol. The summed E-state index contributed by atoms with van der Waals surface area (Å²) in [5, 5.41) is 0. The first-order valence-corrected chi connectivity index (χ1v) is 5.00. The van der Waals surface area contributed by atoms with Crippen molar-refractivity contribution in [2.75, 3.05) is 5.43 Å². The molecule has 2 nitrogen and oxygen atoms in total. The summed E-state index contributed by atoms with van der Waals surface area (Å²) in [6.07, 6.45) is 0. The number of halogens is 1. The van der Waals surface area contributed by atoms with Crippen LogP contribution in [-0.4, -0.2) is 0 Å². The fourth-order valence-electron chi connectivity index (χ4n) is 1.11. The topological polar surface area (TPSA) is 38.0 Å². The first-order chi connectivity index (χ1) is 5.93. The Morgan fingerprint density at radius 3 is 2.31 bits per heavy atom. The number of nitrogens with one attached hydrogen (secondary N) is 1. The van der Waals surface area contributed by atoms with Gasteiger partial charge in [-0.2, -0.15) is 0 Å². The maximum Gasteiger partial charge on any atom is 0.0499 e. The number of hydrogen-bond acceptors (Lipinski definition) is 2. The summed E-state index contributed by atoms with van der Waals surface area (Å²) in [6, 6.07) is 6.13. The van der Waals surface area contributed by atoms with Crippen molar-refractivity contribution in [3.8, 4) is 0 Å². The molecule has 0 fully saturated rings. The van der Waals surface area contributed by atoms with Gasteiger partial charge in [0.15, 0.2) is 0 Å². The van der Waals surface area contributed by atoms with Gasteiger partial charge < -0.3 is 5.43 Å². The van der Waals surface area contributed by atoms with Gasteiger partial charge in [-0.05, 0) is 29.2 Å². The second-order valence-electron chi connectivity index (χ2n) is 4.12. The molecule has 0 bridgehead atoms. The van der Waals surface area contributed by atoms with Crippen LogP contribution in [0, 0.1) is 0 Å². The van der Waals surface area contributed by atoms with Gasteiger partial charge in [0.1, 0.15) is 0 Å². The molecule has 1 aromatic carbocycles. The molecule has 0 amide bonds. The van der Waals surface area contributed by atoms with Crippen LogP contribution in [0.2, 0.25) is 0 Å². The maximum atomic E-state index is 5.36. The summed E-state index contributed by atoms with van der Waals surface area (Å²) >= 11 is 3.45. The number of nitrogens with two attached hydrogens (primary N) is 1. The first-order valence-electron chi connectivity index (χ1n) is 4.21. The highest BCUT2D eigenvalue weighted by atomic mass is 79.9. The molecule has 0 saturated carbocycles. The van der Waals surface area contributed by atoms with Gasteiger partial charge in [-0.3, -0.25) is 5.84 Å². The minimum absolute atomic E-state index is 0.148. The van der Waals surface area contributed by atoms with E-state index in [1.165, 1.54) is 5.56 Å². The fraction of sp³-hybridized carbons (Fsp3) is 0.400. The van der Waals surface area contributed by atoms with Gasteiger partial charge in [0, 0.05) is 10.2 Å². The lowest BCUT2D eigenvalue weighted by atomic mass is 9.87. The van der Waals surface area contributed by atoms with Gasteiger partial charge in [0.2, 0.25) is 0 Å². The Morgan fingerprint density at radius 1 is 1.23 bits per heavy atom. The predicted molar refractivity (Wildman–Crippen MR) is 60.7 cm³/mol.